The molecular weight excluding hydrogens is 254 g/mol. The van der Waals surface area contributed by atoms with Gasteiger partial charge in [-0.15, -0.1) is 0 Å². The van der Waals surface area contributed by atoms with E-state index in [1.807, 2.05) is 31.0 Å². The molecule has 1 aliphatic rings. The predicted molar refractivity (Wildman–Crippen MR) is 77.5 cm³/mol. The molecule has 0 radical (unpaired) electrons. The van der Waals surface area contributed by atoms with Crippen LogP contribution in [0, 0.1) is 6.92 Å². The van der Waals surface area contributed by atoms with Crippen molar-refractivity contribution in [3.05, 3.63) is 23.5 Å². The van der Waals surface area contributed by atoms with Gasteiger partial charge in [-0.3, -0.25) is 14.6 Å². The number of nitrogens with zero attached hydrogens (tertiary/aromatic N) is 2. The van der Waals surface area contributed by atoms with Gasteiger partial charge in [-0.25, -0.2) is 0 Å². The Kier molecular flexibility index (Phi) is 4.37. The van der Waals surface area contributed by atoms with Crippen LogP contribution in [0.15, 0.2) is 12.3 Å². The number of aryl methyl sites for hydroxylation is 1. The molecule has 2 rings (SSSR count). The first-order valence-electron chi connectivity index (χ1n) is 7.03. The van der Waals surface area contributed by atoms with E-state index in [9.17, 15) is 9.59 Å². The van der Waals surface area contributed by atoms with Crippen molar-refractivity contribution in [2.75, 3.05) is 18.4 Å². The van der Waals surface area contributed by atoms with Crippen LogP contribution in [-0.4, -0.2) is 34.8 Å². The van der Waals surface area contributed by atoms with E-state index in [0.29, 0.717) is 12.3 Å². The number of amides is 2. The van der Waals surface area contributed by atoms with E-state index >= 15 is 0 Å². The second-order valence-corrected chi connectivity index (χ2v) is 5.25. The highest BCUT2D eigenvalue weighted by Crippen LogP contribution is 2.29. The molecule has 0 saturated carbocycles. The van der Waals surface area contributed by atoms with Crippen LogP contribution in [-0.2, 0) is 9.59 Å². The van der Waals surface area contributed by atoms with Crippen LogP contribution in [0.3, 0.4) is 0 Å². The second-order valence-electron chi connectivity index (χ2n) is 5.25. The molecule has 1 saturated heterocycles. The van der Waals surface area contributed by atoms with Gasteiger partial charge in [0.1, 0.15) is 0 Å². The summed E-state index contributed by atoms with van der Waals surface area (Å²) in [7, 11) is 0. The molecule has 20 heavy (non-hydrogen) atoms. The molecule has 5 heteroatoms. The van der Waals surface area contributed by atoms with Crippen LogP contribution in [0.25, 0.3) is 0 Å². The van der Waals surface area contributed by atoms with Gasteiger partial charge in [0.25, 0.3) is 0 Å². The molecule has 108 valence electrons. The maximum atomic E-state index is 11.7. The van der Waals surface area contributed by atoms with E-state index in [4.69, 9.17) is 0 Å². The molecule has 1 aliphatic heterocycles. The summed E-state index contributed by atoms with van der Waals surface area (Å²) in [5, 5.41) is 2.80. The molecule has 0 aliphatic carbocycles. The molecule has 0 spiro atoms. The Balaban J connectivity index is 2.20. The lowest BCUT2D eigenvalue weighted by atomic mass is 9.91. The van der Waals surface area contributed by atoms with Crippen LogP contribution in [0.5, 0.6) is 0 Å². The first-order valence-corrected chi connectivity index (χ1v) is 7.03. The highest BCUT2D eigenvalue weighted by atomic mass is 16.2. The number of piperidine rings is 1. The second kappa shape index (κ2) is 6.03. The van der Waals surface area contributed by atoms with Crippen LogP contribution >= 0.6 is 0 Å². The molecule has 2 heterocycles. The Morgan fingerprint density at radius 2 is 2.30 bits per heavy atom. The smallest absolute Gasteiger partial charge is 0.222 e. The number of aromatic nitrogens is 1. The molecule has 5 nitrogen and oxygen atoms in total. The Hall–Kier alpha value is -1.91. The summed E-state index contributed by atoms with van der Waals surface area (Å²) in [5.41, 5.74) is 2.66. The van der Waals surface area contributed by atoms with Gasteiger partial charge in [-0.1, -0.05) is 0 Å². The molecule has 2 amide bonds. The van der Waals surface area contributed by atoms with Gasteiger partial charge in [0.2, 0.25) is 11.8 Å². The minimum atomic E-state index is -0.0962. The minimum Gasteiger partial charge on any atom is -0.342 e. The first kappa shape index (κ1) is 14.5. The van der Waals surface area contributed by atoms with Crippen molar-refractivity contribution in [2.45, 2.75) is 39.5 Å². The molecule has 1 unspecified atom stereocenters. The van der Waals surface area contributed by atoms with Gasteiger partial charge >= 0.3 is 0 Å². The van der Waals surface area contributed by atoms with E-state index < -0.39 is 0 Å². The monoisotopic (exact) mass is 275 g/mol. The van der Waals surface area contributed by atoms with Crippen molar-refractivity contribution in [3.63, 3.8) is 0 Å². The van der Waals surface area contributed by atoms with Gasteiger partial charge in [0.15, 0.2) is 0 Å². The molecule has 0 bridgehead atoms. The molecule has 1 N–H and O–H groups in total. The van der Waals surface area contributed by atoms with Crippen LogP contribution in [0.2, 0.25) is 0 Å². The van der Waals surface area contributed by atoms with Gasteiger partial charge in [0, 0.05) is 38.5 Å². The molecule has 1 fully saturated rings. The van der Waals surface area contributed by atoms with Crippen molar-refractivity contribution in [2.24, 2.45) is 0 Å². The quantitative estimate of drug-likeness (QED) is 0.918. The average Bonchev–Trinajstić information content (AvgIpc) is 2.41. The molecule has 1 atom stereocenters. The van der Waals surface area contributed by atoms with E-state index in [1.54, 1.807) is 0 Å². The SMILES string of the molecule is CCN1CC(c2cnc(C)c(NC(C)=O)c2)CCC1=O. The zero-order valence-electron chi connectivity index (χ0n) is 12.3. The van der Waals surface area contributed by atoms with Gasteiger partial charge < -0.3 is 10.2 Å². The third kappa shape index (κ3) is 3.15. The lowest BCUT2D eigenvalue weighted by Crippen LogP contribution is -2.38. The topological polar surface area (TPSA) is 62.3 Å². The predicted octanol–water partition coefficient (Wildman–Crippen LogP) is 2.07. The summed E-state index contributed by atoms with van der Waals surface area (Å²) >= 11 is 0. The van der Waals surface area contributed by atoms with Crippen LogP contribution in [0.4, 0.5) is 5.69 Å². The minimum absolute atomic E-state index is 0.0962. The number of likely N-dealkylation sites (N-methyl/N-ethyl adjacent to an activating group) is 1. The number of hydrogen-bond donors (Lipinski definition) is 1. The Morgan fingerprint density at radius 1 is 1.55 bits per heavy atom. The number of carbonyl (C=O) groups excluding carboxylic acids is 2. The summed E-state index contributed by atoms with van der Waals surface area (Å²) in [6.07, 6.45) is 3.29. The van der Waals surface area contributed by atoms with E-state index in [-0.39, 0.29) is 11.8 Å². The van der Waals surface area contributed by atoms with Crippen LogP contribution in [0.1, 0.15) is 43.9 Å². The Labute approximate surface area is 119 Å². The van der Waals surface area contributed by atoms with Crippen LogP contribution < -0.4 is 5.32 Å². The summed E-state index contributed by atoms with van der Waals surface area (Å²) in [6, 6.07) is 1.98. The van der Waals surface area contributed by atoms with E-state index in [1.165, 1.54) is 6.92 Å². The fraction of sp³-hybridized carbons (Fsp3) is 0.533. The number of nitrogens with one attached hydrogen (secondary N) is 1. The van der Waals surface area contributed by atoms with Gasteiger partial charge in [0.05, 0.1) is 11.4 Å². The van der Waals surface area contributed by atoms with Gasteiger partial charge in [-0.2, -0.15) is 0 Å². The number of anilines is 1. The average molecular weight is 275 g/mol. The van der Waals surface area contributed by atoms with Crippen molar-refractivity contribution < 1.29 is 9.59 Å². The molecule has 1 aromatic rings. The zero-order valence-corrected chi connectivity index (χ0v) is 12.3. The summed E-state index contributed by atoms with van der Waals surface area (Å²) in [6.45, 7) is 6.84. The van der Waals surface area contributed by atoms with Crippen molar-refractivity contribution in [1.82, 2.24) is 9.88 Å². The third-order valence-corrected chi connectivity index (χ3v) is 3.77. The number of likely N-dealkylation sites (tertiary alicyclic amines) is 1. The lowest BCUT2D eigenvalue weighted by Gasteiger charge is -2.32. The fourth-order valence-electron chi connectivity index (χ4n) is 2.58. The van der Waals surface area contributed by atoms with E-state index in [0.717, 1.165) is 36.5 Å². The largest absolute Gasteiger partial charge is 0.342 e. The summed E-state index contributed by atoms with van der Waals surface area (Å²) < 4.78 is 0. The molecule has 1 aromatic heterocycles. The Bertz CT molecular complexity index is 528. The summed E-state index contributed by atoms with van der Waals surface area (Å²) in [5.74, 6) is 0.431. The Morgan fingerprint density at radius 3 is 2.95 bits per heavy atom. The standard InChI is InChI=1S/C15H21N3O2/c1-4-18-9-12(5-6-15(18)20)13-7-14(17-11(3)19)10(2)16-8-13/h7-8,12H,4-6,9H2,1-3H3,(H,17,19). The molecular formula is C15H21N3O2. The highest BCUT2D eigenvalue weighted by molar-refractivity contribution is 5.89. The van der Waals surface area contributed by atoms with Crippen molar-refractivity contribution in [3.8, 4) is 0 Å². The molecule has 0 aromatic carbocycles. The van der Waals surface area contributed by atoms with Crippen molar-refractivity contribution in [1.29, 1.82) is 0 Å². The van der Waals surface area contributed by atoms with Crippen molar-refractivity contribution >= 4 is 17.5 Å². The highest BCUT2D eigenvalue weighted by Gasteiger charge is 2.26. The van der Waals surface area contributed by atoms with E-state index in [2.05, 4.69) is 10.3 Å². The van der Waals surface area contributed by atoms with Gasteiger partial charge in [-0.05, 0) is 31.9 Å². The maximum absolute atomic E-state index is 11.7. The third-order valence-electron chi connectivity index (χ3n) is 3.77. The number of pyridine rings is 1. The zero-order chi connectivity index (χ0) is 14.7. The summed E-state index contributed by atoms with van der Waals surface area (Å²) in [4.78, 5) is 29.2. The maximum Gasteiger partial charge on any atom is 0.222 e. The normalized spacial score (nSPS) is 19.1. The number of carbonyl (C=O) groups is 2. The number of rotatable bonds is 3. The first-order chi connectivity index (χ1) is 9.51. The fourth-order valence-corrected chi connectivity index (χ4v) is 2.58. The lowest BCUT2D eigenvalue weighted by molar-refractivity contribution is -0.133. The number of hydrogen-bond acceptors (Lipinski definition) is 3.